The first-order valence-corrected chi connectivity index (χ1v) is 13.7. The third-order valence-electron chi connectivity index (χ3n) is 6.11. The molecular formula is C29H52O2. The van der Waals surface area contributed by atoms with Gasteiger partial charge in [-0.05, 0) is 37.3 Å². The molecule has 0 radical (unpaired) electrons. The van der Waals surface area contributed by atoms with Crippen molar-refractivity contribution in [2.45, 2.75) is 136 Å². The van der Waals surface area contributed by atoms with Crippen molar-refractivity contribution in [2.75, 3.05) is 13.2 Å². The zero-order valence-electron chi connectivity index (χ0n) is 21.2. The van der Waals surface area contributed by atoms with Gasteiger partial charge in [-0.1, -0.05) is 123 Å². The first kappa shape index (κ1) is 27.9. The lowest BCUT2D eigenvalue weighted by Gasteiger charge is -2.16. The normalized spacial score (nSPS) is 11.1. The molecule has 2 heteroatoms. The minimum atomic E-state index is 0.781. The monoisotopic (exact) mass is 432 g/mol. The second-order valence-corrected chi connectivity index (χ2v) is 9.14. The quantitative estimate of drug-likeness (QED) is 0.170. The van der Waals surface area contributed by atoms with Gasteiger partial charge in [0, 0.05) is 0 Å². The van der Waals surface area contributed by atoms with E-state index in [1.54, 1.807) is 0 Å². The Labute approximate surface area is 194 Å². The average Bonchev–Trinajstić information content (AvgIpc) is 2.78. The van der Waals surface area contributed by atoms with Crippen LogP contribution in [0.5, 0.6) is 11.5 Å². The maximum Gasteiger partial charge on any atom is 0.164 e. The number of rotatable bonds is 22. The smallest absolute Gasteiger partial charge is 0.164 e. The SMILES string of the molecule is CCCCCCCCCCCCCCCc1cccc(OCCCC)c1OCCCC. The van der Waals surface area contributed by atoms with Gasteiger partial charge in [-0.25, -0.2) is 0 Å². The van der Waals surface area contributed by atoms with Crippen LogP contribution in [0.25, 0.3) is 0 Å². The third kappa shape index (κ3) is 14.5. The number of hydrogen-bond acceptors (Lipinski definition) is 2. The lowest BCUT2D eigenvalue weighted by atomic mass is 10.0. The fraction of sp³-hybridized carbons (Fsp3) is 0.793. The van der Waals surface area contributed by atoms with Crippen LogP contribution in [-0.4, -0.2) is 13.2 Å². The molecule has 0 spiro atoms. The van der Waals surface area contributed by atoms with E-state index in [9.17, 15) is 0 Å². The molecule has 31 heavy (non-hydrogen) atoms. The highest BCUT2D eigenvalue weighted by molar-refractivity contribution is 5.46. The number of aryl methyl sites for hydroxylation is 1. The van der Waals surface area contributed by atoms with Gasteiger partial charge >= 0.3 is 0 Å². The fourth-order valence-electron chi connectivity index (χ4n) is 4.01. The first-order valence-electron chi connectivity index (χ1n) is 13.7. The van der Waals surface area contributed by atoms with Crippen molar-refractivity contribution in [1.82, 2.24) is 0 Å². The highest BCUT2D eigenvalue weighted by Crippen LogP contribution is 2.33. The summed E-state index contributed by atoms with van der Waals surface area (Å²) < 4.78 is 12.2. The molecule has 1 aromatic rings. The van der Waals surface area contributed by atoms with Crippen LogP contribution in [0.15, 0.2) is 18.2 Å². The molecule has 0 aliphatic carbocycles. The van der Waals surface area contributed by atoms with Crippen LogP contribution in [0.3, 0.4) is 0 Å². The Bertz CT molecular complexity index is 511. The molecule has 1 rings (SSSR count). The first-order chi connectivity index (χ1) is 15.3. The third-order valence-corrected chi connectivity index (χ3v) is 6.11. The molecule has 180 valence electrons. The van der Waals surface area contributed by atoms with E-state index in [0.717, 1.165) is 56.8 Å². The molecule has 0 unspecified atom stereocenters. The van der Waals surface area contributed by atoms with Crippen LogP contribution in [0.2, 0.25) is 0 Å². The number of para-hydroxylation sites is 1. The summed E-state index contributed by atoms with van der Waals surface area (Å²) in [6.07, 6.45) is 23.8. The van der Waals surface area contributed by atoms with Crippen LogP contribution >= 0.6 is 0 Å². The van der Waals surface area contributed by atoms with E-state index in [1.807, 2.05) is 0 Å². The molecule has 0 atom stereocenters. The standard InChI is InChI=1S/C29H52O2/c1-4-7-10-11-12-13-14-15-16-17-18-19-20-22-27-23-21-24-28(30-25-8-5-2)29(27)31-26-9-6-3/h21,23-24H,4-20,22,25-26H2,1-3H3. The molecule has 0 aliphatic rings. The van der Waals surface area contributed by atoms with E-state index in [2.05, 4.69) is 39.0 Å². The summed E-state index contributed by atoms with van der Waals surface area (Å²) >= 11 is 0. The molecule has 0 N–H and O–H groups in total. The van der Waals surface area contributed by atoms with Gasteiger partial charge in [0.25, 0.3) is 0 Å². The van der Waals surface area contributed by atoms with E-state index in [4.69, 9.17) is 9.47 Å². The molecule has 0 saturated carbocycles. The Morgan fingerprint density at radius 2 is 1.00 bits per heavy atom. The molecule has 0 aliphatic heterocycles. The van der Waals surface area contributed by atoms with Crippen molar-refractivity contribution in [3.05, 3.63) is 23.8 Å². The topological polar surface area (TPSA) is 18.5 Å². The number of ether oxygens (including phenoxy) is 2. The van der Waals surface area contributed by atoms with Crippen LogP contribution < -0.4 is 9.47 Å². The van der Waals surface area contributed by atoms with Crippen molar-refractivity contribution >= 4 is 0 Å². The van der Waals surface area contributed by atoms with Gasteiger partial charge in [0.2, 0.25) is 0 Å². The van der Waals surface area contributed by atoms with Gasteiger partial charge in [0.1, 0.15) is 0 Å². The Balaban J connectivity index is 2.23. The largest absolute Gasteiger partial charge is 0.490 e. The highest BCUT2D eigenvalue weighted by Gasteiger charge is 2.11. The fourth-order valence-corrected chi connectivity index (χ4v) is 4.01. The maximum absolute atomic E-state index is 6.18. The molecule has 0 aromatic heterocycles. The molecule has 0 amide bonds. The summed E-state index contributed by atoms with van der Waals surface area (Å²) in [5.74, 6) is 1.95. The molecule has 1 aromatic carbocycles. The number of unbranched alkanes of at least 4 members (excludes halogenated alkanes) is 14. The average molecular weight is 433 g/mol. The van der Waals surface area contributed by atoms with E-state index < -0.39 is 0 Å². The molecule has 0 bridgehead atoms. The number of hydrogen-bond donors (Lipinski definition) is 0. The van der Waals surface area contributed by atoms with E-state index in [-0.39, 0.29) is 0 Å². The predicted octanol–water partition coefficient (Wildman–Crippen LogP) is 9.68. The van der Waals surface area contributed by atoms with Crippen molar-refractivity contribution < 1.29 is 9.47 Å². The van der Waals surface area contributed by atoms with Gasteiger partial charge < -0.3 is 9.47 Å². The molecule has 0 fully saturated rings. The van der Waals surface area contributed by atoms with E-state index in [1.165, 1.54) is 89.0 Å². The van der Waals surface area contributed by atoms with Crippen LogP contribution in [-0.2, 0) is 6.42 Å². The second-order valence-electron chi connectivity index (χ2n) is 9.14. The Morgan fingerprint density at radius 1 is 0.516 bits per heavy atom. The summed E-state index contributed by atoms with van der Waals surface area (Å²) in [4.78, 5) is 0. The van der Waals surface area contributed by atoms with Gasteiger partial charge in [-0.15, -0.1) is 0 Å². The lowest BCUT2D eigenvalue weighted by Crippen LogP contribution is -2.05. The van der Waals surface area contributed by atoms with Crippen molar-refractivity contribution in [1.29, 1.82) is 0 Å². The Morgan fingerprint density at radius 3 is 1.55 bits per heavy atom. The predicted molar refractivity (Wildman–Crippen MR) is 137 cm³/mol. The second kappa shape index (κ2) is 20.7. The summed E-state index contributed by atoms with van der Waals surface area (Å²) in [5.41, 5.74) is 1.33. The summed E-state index contributed by atoms with van der Waals surface area (Å²) in [6, 6.07) is 6.43. The lowest BCUT2D eigenvalue weighted by molar-refractivity contribution is 0.259. The van der Waals surface area contributed by atoms with Crippen molar-refractivity contribution in [3.63, 3.8) is 0 Å². The van der Waals surface area contributed by atoms with E-state index in [0.29, 0.717) is 0 Å². The summed E-state index contributed by atoms with van der Waals surface area (Å²) in [5, 5.41) is 0. The molecular weight excluding hydrogens is 380 g/mol. The van der Waals surface area contributed by atoms with Crippen LogP contribution in [0.1, 0.15) is 135 Å². The molecule has 2 nitrogen and oxygen atoms in total. The minimum Gasteiger partial charge on any atom is -0.490 e. The van der Waals surface area contributed by atoms with Gasteiger partial charge in [0.05, 0.1) is 13.2 Å². The van der Waals surface area contributed by atoms with Crippen molar-refractivity contribution in [3.8, 4) is 11.5 Å². The minimum absolute atomic E-state index is 0.781. The summed E-state index contributed by atoms with van der Waals surface area (Å²) in [6.45, 7) is 8.27. The molecule has 0 heterocycles. The van der Waals surface area contributed by atoms with Crippen LogP contribution in [0.4, 0.5) is 0 Å². The van der Waals surface area contributed by atoms with E-state index >= 15 is 0 Å². The molecule has 0 saturated heterocycles. The van der Waals surface area contributed by atoms with Gasteiger partial charge in [0.15, 0.2) is 11.5 Å². The zero-order valence-corrected chi connectivity index (χ0v) is 21.2. The van der Waals surface area contributed by atoms with Crippen LogP contribution in [0, 0.1) is 0 Å². The zero-order chi connectivity index (χ0) is 22.4. The maximum atomic E-state index is 6.18. The Kier molecular flexibility index (Phi) is 18.6. The summed E-state index contributed by atoms with van der Waals surface area (Å²) in [7, 11) is 0. The number of benzene rings is 1. The highest BCUT2D eigenvalue weighted by atomic mass is 16.5. The Hall–Kier alpha value is -1.18. The van der Waals surface area contributed by atoms with Gasteiger partial charge in [-0.3, -0.25) is 0 Å². The van der Waals surface area contributed by atoms with Gasteiger partial charge in [-0.2, -0.15) is 0 Å². The van der Waals surface area contributed by atoms with Crippen molar-refractivity contribution in [2.24, 2.45) is 0 Å².